The molecule has 57 heavy (non-hydrogen) atoms. The molecule has 5 N–H and O–H groups in total. The van der Waals surface area contributed by atoms with Crippen LogP contribution in [0.4, 0.5) is 0 Å². The van der Waals surface area contributed by atoms with Gasteiger partial charge in [-0.05, 0) is 86.6 Å². The molecule has 1 aromatic heterocycles. The summed E-state index contributed by atoms with van der Waals surface area (Å²) in [6, 6.07) is 3.49. The molecule has 1 aromatic carbocycles. The molecule has 7 rings (SSSR count). The summed E-state index contributed by atoms with van der Waals surface area (Å²) in [6.45, 7) is 14.6. The van der Waals surface area contributed by atoms with Crippen molar-refractivity contribution in [3.05, 3.63) is 59.7 Å². The molecule has 9 atom stereocenters. The van der Waals surface area contributed by atoms with E-state index >= 15 is 0 Å². The maximum atomic E-state index is 13.9. The molecule has 2 amide bonds. The van der Waals surface area contributed by atoms with Crippen molar-refractivity contribution in [1.82, 2.24) is 30.4 Å². The van der Waals surface area contributed by atoms with Crippen LogP contribution in [0, 0.1) is 22.7 Å². The van der Waals surface area contributed by atoms with Gasteiger partial charge in [0.05, 0.1) is 67.5 Å². The van der Waals surface area contributed by atoms with Crippen molar-refractivity contribution in [2.45, 2.75) is 83.6 Å². The Morgan fingerprint density at radius 2 is 1.95 bits per heavy atom. The van der Waals surface area contributed by atoms with E-state index in [-0.39, 0.29) is 42.3 Å². The molecule has 15 nitrogen and oxygen atoms in total. The van der Waals surface area contributed by atoms with Crippen LogP contribution in [-0.4, -0.2) is 124 Å². The molecule has 2 aliphatic carbocycles. The number of aliphatic hydroxyl groups is 2. The van der Waals surface area contributed by atoms with Crippen molar-refractivity contribution in [3.8, 4) is 0 Å². The molecule has 5 aliphatic rings. The van der Waals surface area contributed by atoms with Crippen molar-refractivity contribution >= 4 is 47.1 Å². The highest BCUT2D eigenvalue weighted by molar-refractivity contribution is 6.04. The molecule has 4 heterocycles. The maximum absolute atomic E-state index is 13.9. The van der Waals surface area contributed by atoms with E-state index in [1.54, 1.807) is 31.6 Å². The van der Waals surface area contributed by atoms with Gasteiger partial charge < -0.3 is 29.2 Å². The molecule has 2 aromatic rings. The Hall–Kier alpha value is -4.54. The predicted octanol–water partition coefficient (Wildman–Crippen LogP) is 2.25. The molecule has 0 bridgehead atoms. The minimum absolute atomic E-state index is 0.0273. The fraction of sp³-hybridized carbons (Fsp3) is 0.571. The van der Waals surface area contributed by atoms with E-state index in [1.807, 2.05) is 48.6 Å². The number of aryl methyl sites for hydroxylation is 1. The second kappa shape index (κ2) is 16.4. The van der Waals surface area contributed by atoms with E-state index in [4.69, 9.17) is 9.47 Å². The zero-order valence-corrected chi connectivity index (χ0v) is 33.5. The van der Waals surface area contributed by atoms with Crippen LogP contribution in [0.2, 0.25) is 0 Å². The summed E-state index contributed by atoms with van der Waals surface area (Å²) in [5, 5.41) is 32.2. The van der Waals surface area contributed by atoms with Gasteiger partial charge in [-0.25, -0.2) is 19.8 Å². The predicted molar refractivity (Wildman–Crippen MR) is 216 cm³/mol. The number of cyclic esters (lactones) is 1. The summed E-state index contributed by atoms with van der Waals surface area (Å²) >= 11 is 0. The molecular formula is C42H56N8O7. The number of morpholine rings is 1. The lowest BCUT2D eigenvalue weighted by Gasteiger charge is -2.62. The van der Waals surface area contributed by atoms with Crippen molar-refractivity contribution in [1.29, 1.82) is 0 Å². The number of carbonyl (C=O) groups is 3. The van der Waals surface area contributed by atoms with Crippen LogP contribution in [0.1, 0.15) is 58.9 Å². The number of allylic oxidation sites excluding steroid dienone is 1. The number of amides is 2. The number of esters is 1. The monoisotopic (exact) mass is 784 g/mol. The number of guanidine groups is 1. The molecular weight excluding hydrogens is 729 g/mol. The number of rotatable bonds is 11. The summed E-state index contributed by atoms with van der Waals surface area (Å²) in [6.07, 6.45) is 8.18. The van der Waals surface area contributed by atoms with Crippen molar-refractivity contribution < 1.29 is 34.1 Å². The van der Waals surface area contributed by atoms with Gasteiger partial charge in [0.15, 0.2) is 0 Å². The van der Waals surface area contributed by atoms with E-state index in [2.05, 4.69) is 44.4 Å². The highest BCUT2D eigenvalue weighted by atomic mass is 16.5. The lowest BCUT2D eigenvalue weighted by Crippen LogP contribution is -2.63. The summed E-state index contributed by atoms with van der Waals surface area (Å²) < 4.78 is 13.3. The Bertz CT molecular complexity index is 2030. The topological polar surface area (TPSA) is 192 Å². The van der Waals surface area contributed by atoms with Crippen LogP contribution in [0.3, 0.4) is 0 Å². The average molecular weight is 785 g/mol. The highest BCUT2D eigenvalue weighted by Crippen LogP contribution is 2.62. The number of nitrogens with one attached hydrogen (secondary N) is 3. The van der Waals surface area contributed by atoms with Gasteiger partial charge in [-0.1, -0.05) is 32.1 Å². The lowest BCUT2D eigenvalue weighted by molar-refractivity contribution is -0.157. The van der Waals surface area contributed by atoms with Crippen LogP contribution in [0.5, 0.6) is 0 Å². The molecule has 3 aliphatic heterocycles. The number of hydrogen-bond acceptors (Lipinski definition) is 12. The van der Waals surface area contributed by atoms with Crippen molar-refractivity contribution in [2.24, 2.45) is 39.7 Å². The number of nitrogens with zero attached hydrogens (tertiary/aromatic N) is 5. The Morgan fingerprint density at radius 3 is 2.67 bits per heavy atom. The van der Waals surface area contributed by atoms with Crippen LogP contribution < -0.4 is 16.0 Å². The molecule has 6 unspecified atom stereocenters. The maximum Gasteiger partial charge on any atom is 0.341 e. The molecule has 0 spiro atoms. The van der Waals surface area contributed by atoms with Gasteiger partial charge in [0.25, 0.3) is 0 Å². The summed E-state index contributed by atoms with van der Waals surface area (Å²) in [5.74, 6) is -0.786. The van der Waals surface area contributed by atoms with E-state index < -0.39 is 41.0 Å². The van der Waals surface area contributed by atoms with Gasteiger partial charge in [0.2, 0.25) is 17.8 Å². The van der Waals surface area contributed by atoms with Crippen LogP contribution in [0.25, 0.3) is 17.1 Å². The van der Waals surface area contributed by atoms with Gasteiger partial charge in [-0.2, -0.15) is 0 Å². The number of ether oxygens (including phenoxy) is 2. The third-order valence-electron chi connectivity index (χ3n) is 13.2. The first-order valence-electron chi connectivity index (χ1n) is 20.0. The molecule has 2 saturated carbocycles. The second-order valence-corrected chi connectivity index (χ2v) is 16.8. The average Bonchev–Trinajstić information content (AvgIpc) is 3.95. The standard InChI is InChI=1S/C42H56N8O7/c1-24-30(41(4)10-9-36(52)42(5,22-51)35(41)21-31(24)47-26(3)38(54)50-13-15-56-16-14-50)20-32(46-25(2)37(53)48-40-43-11-12-44-40)29-19-28(57-39(29)55)17-27-7-8-34-33(18-27)45-23-49(34)6/h7-8,11,17-19,23,25-26,30-32,35-36,46-47,51-52H,1,9-10,12-16,20-22H2,2-6H3,(H,44,48,53)/b28-17+/t25?,26?,30?,31?,32?,35?,36-,41-,42+/m1/s1. The zero-order chi connectivity index (χ0) is 40.6. The number of aliphatic hydroxyl groups excluding tert-OH is 2. The van der Waals surface area contributed by atoms with Crippen LogP contribution in [-0.2, 0) is 30.9 Å². The van der Waals surface area contributed by atoms with E-state index in [0.717, 1.165) is 22.2 Å². The third kappa shape index (κ3) is 8.00. The van der Waals surface area contributed by atoms with E-state index in [0.29, 0.717) is 69.9 Å². The van der Waals surface area contributed by atoms with Gasteiger partial charge in [0, 0.05) is 43.9 Å². The Balaban J connectivity index is 1.23. The Morgan fingerprint density at radius 1 is 1.18 bits per heavy atom. The number of benzene rings is 1. The number of aromatic nitrogens is 2. The molecule has 15 heteroatoms. The lowest BCUT2D eigenvalue weighted by atomic mass is 9.45. The van der Waals surface area contributed by atoms with Gasteiger partial charge in [-0.15, -0.1) is 0 Å². The third-order valence-corrected chi connectivity index (χ3v) is 13.2. The fourth-order valence-electron chi connectivity index (χ4n) is 9.80. The van der Waals surface area contributed by atoms with Crippen molar-refractivity contribution in [2.75, 3.05) is 39.5 Å². The number of carbonyl (C=O) groups excluding carboxylic acids is 3. The van der Waals surface area contributed by atoms with Crippen LogP contribution in [0.15, 0.2) is 64.1 Å². The fourth-order valence-corrected chi connectivity index (χ4v) is 9.80. The summed E-state index contributed by atoms with van der Waals surface area (Å²) in [4.78, 5) is 55.6. The Labute approximate surface area is 333 Å². The molecule has 3 fully saturated rings. The number of fused-ring (bicyclic) bond motifs is 2. The van der Waals surface area contributed by atoms with E-state index in [9.17, 15) is 24.6 Å². The second-order valence-electron chi connectivity index (χ2n) is 16.8. The normalized spacial score (nSPS) is 31.1. The van der Waals surface area contributed by atoms with Gasteiger partial charge in [0.1, 0.15) is 5.76 Å². The molecule has 1 saturated heterocycles. The highest BCUT2D eigenvalue weighted by Gasteiger charge is 2.60. The first kappa shape index (κ1) is 40.6. The minimum atomic E-state index is -0.835. The largest absolute Gasteiger partial charge is 0.423 e. The zero-order valence-electron chi connectivity index (χ0n) is 33.5. The van der Waals surface area contributed by atoms with Gasteiger partial charge >= 0.3 is 5.97 Å². The number of hydrogen-bond donors (Lipinski definition) is 5. The number of aliphatic imine (C=N–C) groups is 2. The van der Waals surface area contributed by atoms with Crippen LogP contribution >= 0.6 is 0 Å². The SMILES string of the molecule is C=C1C(NC(C)C(=O)N2CCOCC2)CC2[C@](C)(CC[C@@H](O)[C@@]2(C)CO)C1CC(NC(C)C(=O)NC1=NCC=N1)C1=C/C(=C\c2ccc3c(c2)ncn3C)OC1=O. The first-order chi connectivity index (χ1) is 27.2. The summed E-state index contributed by atoms with van der Waals surface area (Å²) in [7, 11) is 1.93. The van der Waals surface area contributed by atoms with Crippen molar-refractivity contribution in [3.63, 3.8) is 0 Å². The molecule has 306 valence electrons. The van der Waals surface area contributed by atoms with Gasteiger partial charge in [-0.3, -0.25) is 25.5 Å². The Kier molecular flexibility index (Phi) is 11.7. The quantitative estimate of drug-likeness (QED) is 0.167. The molecule has 0 radical (unpaired) electrons. The smallest absolute Gasteiger partial charge is 0.341 e. The van der Waals surface area contributed by atoms with E-state index in [1.165, 1.54) is 0 Å². The number of imidazole rings is 1. The first-order valence-corrected chi connectivity index (χ1v) is 20.0. The summed E-state index contributed by atoms with van der Waals surface area (Å²) in [5.41, 5.74) is 2.52. The minimum Gasteiger partial charge on any atom is -0.423 e.